The van der Waals surface area contributed by atoms with Gasteiger partial charge in [0.15, 0.2) is 11.7 Å². The van der Waals surface area contributed by atoms with Gasteiger partial charge >= 0.3 is 5.97 Å². The number of nitrogens with zero attached hydrogens (tertiary/aromatic N) is 1. The van der Waals surface area contributed by atoms with E-state index < -0.39 is 24.3 Å². The molecule has 0 radical (unpaired) electrons. The van der Waals surface area contributed by atoms with Crippen LogP contribution in [0.1, 0.15) is 12.5 Å². The fourth-order valence-electron chi connectivity index (χ4n) is 2.32. The smallest absolute Gasteiger partial charge is 0.331 e. The Kier molecular flexibility index (Phi) is 6.33. The predicted octanol–water partition coefficient (Wildman–Crippen LogP) is 4.03. The minimum absolute atomic E-state index is 0.254. The zero-order valence-electron chi connectivity index (χ0n) is 15.0. The van der Waals surface area contributed by atoms with Gasteiger partial charge in [-0.15, -0.1) is 0 Å². The summed E-state index contributed by atoms with van der Waals surface area (Å²) in [4.78, 5) is 27.9. The van der Waals surface area contributed by atoms with E-state index in [0.29, 0.717) is 11.7 Å². The van der Waals surface area contributed by atoms with Crippen molar-refractivity contribution in [3.63, 3.8) is 0 Å². The van der Waals surface area contributed by atoms with Crippen molar-refractivity contribution in [1.29, 1.82) is 0 Å². The summed E-state index contributed by atoms with van der Waals surface area (Å²) in [5.41, 5.74) is 0.985. The molecule has 0 unspecified atom stereocenters. The third-order valence-electron chi connectivity index (χ3n) is 3.57. The van der Waals surface area contributed by atoms with E-state index in [2.05, 4.69) is 10.3 Å². The first kappa shape index (κ1) is 19.5. The van der Waals surface area contributed by atoms with E-state index in [4.69, 9.17) is 9.47 Å². The molecule has 0 fully saturated rings. The highest BCUT2D eigenvalue weighted by Gasteiger charge is 2.10. The van der Waals surface area contributed by atoms with Crippen molar-refractivity contribution in [1.82, 2.24) is 4.98 Å². The monoisotopic (exact) mass is 400 g/mol. The Morgan fingerprint density at radius 1 is 1.25 bits per heavy atom. The van der Waals surface area contributed by atoms with Gasteiger partial charge in [0.1, 0.15) is 11.6 Å². The van der Waals surface area contributed by atoms with Crippen LogP contribution in [-0.4, -0.2) is 30.1 Å². The Hall–Kier alpha value is -3.26. The Labute approximate surface area is 164 Å². The molecule has 1 heterocycles. The van der Waals surface area contributed by atoms with Crippen molar-refractivity contribution >= 4 is 44.6 Å². The number of rotatable bonds is 7. The number of aromatic nitrogens is 1. The topological polar surface area (TPSA) is 77.5 Å². The van der Waals surface area contributed by atoms with Gasteiger partial charge in [-0.05, 0) is 37.3 Å². The fraction of sp³-hybridized carbons (Fsp3) is 0.150. The molecule has 0 saturated heterocycles. The number of ether oxygens (including phenoxy) is 2. The number of thiazole rings is 1. The molecule has 8 heteroatoms. The van der Waals surface area contributed by atoms with Gasteiger partial charge in [0.2, 0.25) is 0 Å². The first-order valence-electron chi connectivity index (χ1n) is 8.48. The second kappa shape index (κ2) is 9.09. The van der Waals surface area contributed by atoms with Gasteiger partial charge in [-0.3, -0.25) is 10.1 Å². The lowest BCUT2D eigenvalue weighted by atomic mass is 10.2. The number of fused-ring (bicyclic) bond motifs is 1. The van der Waals surface area contributed by atoms with E-state index in [1.165, 1.54) is 29.5 Å². The highest BCUT2D eigenvalue weighted by molar-refractivity contribution is 7.22. The number of carbonyl (C=O) groups is 2. The van der Waals surface area contributed by atoms with Gasteiger partial charge in [0.25, 0.3) is 5.91 Å². The zero-order valence-corrected chi connectivity index (χ0v) is 15.8. The number of anilines is 1. The molecule has 0 spiro atoms. The molecule has 0 aliphatic carbocycles. The lowest BCUT2D eigenvalue weighted by Gasteiger charge is -2.02. The predicted molar refractivity (Wildman–Crippen MR) is 106 cm³/mol. The van der Waals surface area contributed by atoms with E-state index >= 15 is 0 Å². The number of carbonyl (C=O) groups excluding carboxylic acids is 2. The molecule has 6 nitrogen and oxygen atoms in total. The lowest BCUT2D eigenvalue weighted by Crippen LogP contribution is -2.19. The van der Waals surface area contributed by atoms with Crippen LogP contribution in [0.25, 0.3) is 16.3 Å². The zero-order chi connectivity index (χ0) is 19.9. The lowest BCUT2D eigenvalue weighted by molar-refractivity contribution is -0.142. The average Bonchev–Trinajstić information content (AvgIpc) is 3.07. The number of amides is 1. The summed E-state index contributed by atoms with van der Waals surface area (Å²) in [6.07, 6.45) is 2.36. The molecule has 1 N–H and O–H groups in total. The van der Waals surface area contributed by atoms with Crippen LogP contribution in [0.15, 0.2) is 48.5 Å². The molecular formula is C20H17FN2O4S. The molecule has 0 aliphatic heterocycles. The molecule has 0 aliphatic rings. The fourth-order valence-corrected chi connectivity index (χ4v) is 3.23. The second-order valence-corrected chi connectivity index (χ2v) is 6.62. The van der Waals surface area contributed by atoms with Gasteiger partial charge in [-0.1, -0.05) is 29.5 Å². The van der Waals surface area contributed by atoms with Crippen LogP contribution in [0.2, 0.25) is 0 Å². The van der Waals surface area contributed by atoms with Crippen LogP contribution in [0.3, 0.4) is 0 Å². The molecule has 0 bridgehead atoms. The first-order valence-corrected chi connectivity index (χ1v) is 9.29. The standard InChI is InChI=1S/C20H17FN2O4S/c1-2-26-14-8-9-16-17(11-14)28-20(22-16)23-18(24)12-27-19(25)10-7-13-5-3-4-6-15(13)21/h3-11H,2,12H2,1H3,(H,22,23,24)/b10-7+. The highest BCUT2D eigenvalue weighted by atomic mass is 32.1. The Balaban J connectivity index is 1.53. The molecule has 1 amide bonds. The van der Waals surface area contributed by atoms with E-state index in [-0.39, 0.29) is 5.56 Å². The normalized spacial score (nSPS) is 10.9. The molecule has 3 aromatic rings. The van der Waals surface area contributed by atoms with Crippen molar-refractivity contribution in [3.05, 3.63) is 59.9 Å². The van der Waals surface area contributed by atoms with Crippen LogP contribution in [0.4, 0.5) is 9.52 Å². The first-order chi connectivity index (χ1) is 13.5. The van der Waals surface area contributed by atoms with Gasteiger partial charge in [-0.25, -0.2) is 14.2 Å². The molecular weight excluding hydrogens is 383 g/mol. The van der Waals surface area contributed by atoms with E-state index in [1.807, 2.05) is 13.0 Å². The van der Waals surface area contributed by atoms with Gasteiger partial charge in [-0.2, -0.15) is 0 Å². The summed E-state index contributed by atoms with van der Waals surface area (Å²) in [7, 11) is 0. The highest BCUT2D eigenvalue weighted by Crippen LogP contribution is 2.29. The Morgan fingerprint density at radius 2 is 2.07 bits per heavy atom. The Morgan fingerprint density at radius 3 is 2.86 bits per heavy atom. The second-order valence-electron chi connectivity index (χ2n) is 5.59. The summed E-state index contributed by atoms with van der Waals surface area (Å²) < 4.78 is 24.6. The molecule has 3 rings (SSSR count). The van der Waals surface area contributed by atoms with Crippen molar-refractivity contribution in [2.75, 3.05) is 18.5 Å². The maximum Gasteiger partial charge on any atom is 0.331 e. The van der Waals surface area contributed by atoms with E-state index in [0.717, 1.165) is 22.0 Å². The average molecular weight is 400 g/mol. The summed E-state index contributed by atoms with van der Waals surface area (Å²) in [6, 6.07) is 11.5. The van der Waals surface area contributed by atoms with Crippen LogP contribution in [0, 0.1) is 5.82 Å². The largest absolute Gasteiger partial charge is 0.494 e. The third-order valence-corrected chi connectivity index (χ3v) is 4.50. The van der Waals surface area contributed by atoms with Gasteiger partial charge < -0.3 is 9.47 Å². The molecule has 0 saturated carbocycles. The third kappa shape index (κ3) is 5.14. The van der Waals surface area contributed by atoms with Crippen LogP contribution < -0.4 is 10.1 Å². The van der Waals surface area contributed by atoms with Gasteiger partial charge in [0, 0.05) is 11.6 Å². The van der Waals surface area contributed by atoms with Crippen molar-refractivity contribution in [2.24, 2.45) is 0 Å². The summed E-state index contributed by atoms with van der Waals surface area (Å²) in [5.74, 6) is -0.986. The summed E-state index contributed by atoms with van der Waals surface area (Å²) in [6.45, 7) is 1.99. The maximum atomic E-state index is 13.5. The number of hydrogen-bond acceptors (Lipinski definition) is 6. The SMILES string of the molecule is CCOc1ccc2nc(NC(=O)COC(=O)/C=C/c3ccccc3F)sc2c1. The number of hydrogen-bond donors (Lipinski definition) is 1. The molecule has 144 valence electrons. The molecule has 2 aromatic carbocycles. The van der Waals surface area contributed by atoms with E-state index in [9.17, 15) is 14.0 Å². The number of esters is 1. The van der Waals surface area contributed by atoms with Crippen LogP contribution in [0.5, 0.6) is 5.75 Å². The van der Waals surface area contributed by atoms with Crippen molar-refractivity contribution in [3.8, 4) is 5.75 Å². The number of benzene rings is 2. The van der Waals surface area contributed by atoms with E-state index in [1.54, 1.807) is 24.3 Å². The van der Waals surface area contributed by atoms with Gasteiger partial charge in [0.05, 0.1) is 16.8 Å². The molecule has 0 atom stereocenters. The van der Waals surface area contributed by atoms with Crippen molar-refractivity contribution < 1.29 is 23.5 Å². The number of halogens is 1. The minimum Gasteiger partial charge on any atom is -0.494 e. The maximum absolute atomic E-state index is 13.5. The quantitative estimate of drug-likeness (QED) is 0.479. The molecule has 28 heavy (non-hydrogen) atoms. The number of nitrogens with one attached hydrogen (secondary N) is 1. The summed E-state index contributed by atoms with van der Waals surface area (Å²) >= 11 is 1.29. The minimum atomic E-state index is -0.746. The molecule has 1 aromatic heterocycles. The summed E-state index contributed by atoms with van der Waals surface area (Å²) in [5, 5.41) is 2.98. The van der Waals surface area contributed by atoms with Crippen LogP contribution >= 0.6 is 11.3 Å². The van der Waals surface area contributed by atoms with Crippen LogP contribution in [-0.2, 0) is 14.3 Å². The Bertz CT molecular complexity index is 1030. The van der Waals surface area contributed by atoms with Crippen molar-refractivity contribution in [2.45, 2.75) is 6.92 Å².